The van der Waals surface area contributed by atoms with Gasteiger partial charge in [-0.3, -0.25) is 4.79 Å². The van der Waals surface area contributed by atoms with E-state index in [1.807, 2.05) is 0 Å². The number of rotatable bonds is 9. The van der Waals surface area contributed by atoms with Gasteiger partial charge in [-0.2, -0.15) is 0 Å². The molecular formula is C33H57NO2. The van der Waals surface area contributed by atoms with Gasteiger partial charge in [-0.1, -0.05) is 79.4 Å². The molecule has 0 amide bonds. The van der Waals surface area contributed by atoms with E-state index in [9.17, 15) is 4.79 Å². The van der Waals surface area contributed by atoms with E-state index >= 15 is 0 Å². The first-order chi connectivity index (χ1) is 17.0. The van der Waals surface area contributed by atoms with Crippen LogP contribution in [0.3, 0.4) is 0 Å². The summed E-state index contributed by atoms with van der Waals surface area (Å²) in [5.74, 6) is 5.39. The second-order valence-electron chi connectivity index (χ2n) is 14.8. The van der Waals surface area contributed by atoms with Crippen LogP contribution >= 0.6 is 0 Å². The van der Waals surface area contributed by atoms with Crippen molar-refractivity contribution in [2.24, 2.45) is 58.0 Å². The van der Waals surface area contributed by atoms with Crippen molar-refractivity contribution in [3.05, 3.63) is 11.6 Å². The number of esters is 1. The van der Waals surface area contributed by atoms with Crippen LogP contribution < -0.4 is 5.73 Å². The number of allylic oxidation sites excluding steroid dienone is 1. The predicted molar refractivity (Wildman–Crippen MR) is 150 cm³/mol. The average molecular weight is 500 g/mol. The van der Waals surface area contributed by atoms with Crippen molar-refractivity contribution in [2.75, 3.05) is 0 Å². The van der Waals surface area contributed by atoms with E-state index in [-0.39, 0.29) is 12.1 Å². The number of carbonyl (C=O) groups excluding carboxylic acids is 1. The highest BCUT2D eigenvalue weighted by molar-refractivity contribution is 5.75. The van der Waals surface area contributed by atoms with Crippen LogP contribution in [0.1, 0.15) is 126 Å². The minimum Gasteiger partial charge on any atom is -0.461 e. The van der Waals surface area contributed by atoms with Gasteiger partial charge in [-0.25, -0.2) is 0 Å². The topological polar surface area (TPSA) is 52.3 Å². The Balaban J connectivity index is 1.41. The van der Waals surface area contributed by atoms with E-state index < -0.39 is 6.04 Å². The van der Waals surface area contributed by atoms with Gasteiger partial charge in [0.25, 0.3) is 0 Å². The third-order valence-corrected chi connectivity index (χ3v) is 11.6. The fraction of sp³-hybridized carbons (Fsp3) is 0.909. The fourth-order valence-electron chi connectivity index (χ4n) is 9.61. The first-order valence-electron chi connectivity index (χ1n) is 15.6. The number of carbonyl (C=O) groups is 1. The Hall–Kier alpha value is -0.830. The molecule has 4 unspecified atom stereocenters. The van der Waals surface area contributed by atoms with Gasteiger partial charge in [-0.15, -0.1) is 0 Å². The number of hydrogen-bond donors (Lipinski definition) is 1. The zero-order valence-corrected chi connectivity index (χ0v) is 24.7. The van der Waals surface area contributed by atoms with Crippen LogP contribution in [-0.2, 0) is 9.53 Å². The summed E-state index contributed by atoms with van der Waals surface area (Å²) in [7, 11) is 0. The summed E-state index contributed by atoms with van der Waals surface area (Å²) in [5.41, 5.74) is 8.55. The summed E-state index contributed by atoms with van der Waals surface area (Å²) in [4.78, 5) is 12.6. The van der Waals surface area contributed by atoms with Crippen LogP contribution in [0.25, 0.3) is 0 Å². The first-order valence-corrected chi connectivity index (χ1v) is 15.6. The number of fused-ring (bicyclic) bond motifs is 5. The van der Waals surface area contributed by atoms with Gasteiger partial charge in [0.15, 0.2) is 0 Å². The van der Waals surface area contributed by atoms with Gasteiger partial charge in [0.1, 0.15) is 12.1 Å². The highest BCUT2D eigenvalue weighted by Gasteiger charge is 2.59. The molecular weight excluding hydrogens is 442 g/mol. The van der Waals surface area contributed by atoms with Gasteiger partial charge in [0.05, 0.1) is 0 Å². The molecule has 0 saturated heterocycles. The molecule has 4 rings (SSSR count). The molecule has 0 aromatic heterocycles. The lowest BCUT2D eigenvalue weighted by atomic mass is 9.47. The molecule has 0 aliphatic heterocycles. The van der Waals surface area contributed by atoms with Crippen molar-refractivity contribution in [2.45, 2.75) is 138 Å². The Kier molecular flexibility index (Phi) is 8.70. The second-order valence-corrected chi connectivity index (χ2v) is 14.8. The Bertz CT molecular complexity index is 802. The molecule has 0 aromatic carbocycles. The molecule has 36 heavy (non-hydrogen) atoms. The van der Waals surface area contributed by atoms with Gasteiger partial charge in [0.2, 0.25) is 0 Å². The molecule has 3 saturated carbocycles. The molecule has 2 N–H and O–H groups in total. The molecule has 0 heterocycles. The quantitative estimate of drug-likeness (QED) is 0.256. The molecule has 0 aromatic rings. The highest BCUT2D eigenvalue weighted by Crippen LogP contribution is 2.67. The highest BCUT2D eigenvalue weighted by atomic mass is 16.5. The molecule has 4 aliphatic carbocycles. The Labute approximate surface area is 222 Å². The average Bonchev–Trinajstić information content (AvgIpc) is 3.15. The van der Waals surface area contributed by atoms with E-state index in [4.69, 9.17) is 10.5 Å². The summed E-state index contributed by atoms with van der Waals surface area (Å²) >= 11 is 0. The van der Waals surface area contributed by atoms with Crippen LogP contribution in [-0.4, -0.2) is 18.1 Å². The van der Waals surface area contributed by atoms with Crippen LogP contribution in [0.15, 0.2) is 11.6 Å². The van der Waals surface area contributed by atoms with Crippen LogP contribution in [0.4, 0.5) is 0 Å². The smallest absolute Gasteiger partial charge is 0.323 e. The van der Waals surface area contributed by atoms with E-state index in [2.05, 4.69) is 54.5 Å². The fourth-order valence-corrected chi connectivity index (χ4v) is 9.61. The van der Waals surface area contributed by atoms with E-state index in [0.29, 0.717) is 23.2 Å². The van der Waals surface area contributed by atoms with Crippen molar-refractivity contribution in [1.82, 2.24) is 0 Å². The van der Waals surface area contributed by atoms with E-state index in [1.54, 1.807) is 5.57 Å². The Morgan fingerprint density at radius 2 is 1.75 bits per heavy atom. The maximum absolute atomic E-state index is 12.6. The Morgan fingerprint density at radius 3 is 2.44 bits per heavy atom. The van der Waals surface area contributed by atoms with Crippen molar-refractivity contribution in [1.29, 1.82) is 0 Å². The molecule has 3 heteroatoms. The largest absolute Gasteiger partial charge is 0.461 e. The third kappa shape index (κ3) is 5.48. The molecule has 3 fully saturated rings. The van der Waals surface area contributed by atoms with Crippen LogP contribution in [0.5, 0.6) is 0 Å². The molecule has 206 valence electrons. The van der Waals surface area contributed by atoms with Gasteiger partial charge in [0, 0.05) is 6.42 Å². The van der Waals surface area contributed by atoms with E-state index in [1.165, 1.54) is 51.4 Å². The van der Waals surface area contributed by atoms with Crippen molar-refractivity contribution in [3.63, 3.8) is 0 Å². The number of ether oxygens (including phenoxy) is 1. The van der Waals surface area contributed by atoms with Gasteiger partial charge < -0.3 is 10.5 Å². The zero-order valence-electron chi connectivity index (χ0n) is 24.7. The summed E-state index contributed by atoms with van der Waals surface area (Å²) in [5, 5.41) is 0. The third-order valence-electron chi connectivity index (χ3n) is 11.6. The van der Waals surface area contributed by atoms with Crippen LogP contribution in [0, 0.1) is 52.3 Å². The monoisotopic (exact) mass is 499 g/mol. The molecule has 0 bridgehead atoms. The number of hydrogen-bond acceptors (Lipinski definition) is 3. The van der Waals surface area contributed by atoms with E-state index in [0.717, 1.165) is 54.8 Å². The maximum atomic E-state index is 12.6. The minimum absolute atomic E-state index is 0.0167. The van der Waals surface area contributed by atoms with Crippen molar-refractivity contribution < 1.29 is 9.53 Å². The molecule has 0 radical (unpaired) electrons. The lowest BCUT2D eigenvalue weighted by Gasteiger charge is -2.58. The van der Waals surface area contributed by atoms with Crippen molar-refractivity contribution >= 4 is 5.97 Å². The zero-order chi connectivity index (χ0) is 26.3. The van der Waals surface area contributed by atoms with Crippen LogP contribution in [0.2, 0.25) is 0 Å². The molecule has 4 aliphatic rings. The summed E-state index contributed by atoms with van der Waals surface area (Å²) < 4.78 is 5.95. The standard InChI is InChI=1S/C33H57NO2/c1-21(2)9-8-10-23(5)27-13-14-28-26-12-11-24-20-25(36-31(35)30(34)19-22(3)4)15-17-32(24,6)29(26)16-18-33(27,28)7/h11,21-23,25-30H,8-10,12-20,34H2,1-7H3/t23-,25?,26?,27-,28?,29?,30+,32+,33-/m1/s1. The van der Waals surface area contributed by atoms with Gasteiger partial charge >= 0.3 is 5.97 Å². The maximum Gasteiger partial charge on any atom is 0.323 e. The first kappa shape index (κ1) is 28.2. The minimum atomic E-state index is -0.484. The lowest BCUT2D eigenvalue weighted by molar-refractivity contribution is -0.153. The summed E-state index contributed by atoms with van der Waals surface area (Å²) in [6.45, 7) is 16.8. The SMILES string of the molecule is CC(C)CCC[C@@H](C)[C@H]1CCC2C3CC=C4CC(OC(=O)[C@@H](N)CC(C)C)CC[C@]4(C)C3CC[C@@]21C. The summed E-state index contributed by atoms with van der Waals surface area (Å²) in [6, 6.07) is -0.484. The van der Waals surface area contributed by atoms with Gasteiger partial charge in [-0.05, 0) is 104 Å². The molecule has 3 nitrogen and oxygen atoms in total. The molecule has 0 spiro atoms. The summed E-state index contributed by atoms with van der Waals surface area (Å²) in [6.07, 6.45) is 17.6. The molecule has 9 atom stereocenters. The van der Waals surface area contributed by atoms with Crippen molar-refractivity contribution in [3.8, 4) is 0 Å². The normalized spacial score (nSPS) is 39.7. The lowest BCUT2D eigenvalue weighted by Crippen LogP contribution is -2.51. The second kappa shape index (κ2) is 11.1. The number of nitrogens with two attached hydrogens (primary N) is 1. The Morgan fingerprint density at radius 1 is 1.00 bits per heavy atom. The predicted octanol–water partition coefficient (Wildman–Crippen LogP) is 8.31.